The number of anilines is 1. The van der Waals surface area contributed by atoms with Gasteiger partial charge in [0, 0.05) is 24.4 Å². The van der Waals surface area contributed by atoms with Crippen LogP contribution in [0.4, 0.5) is 18.9 Å². The van der Waals surface area contributed by atoms with Crippen LogP contribution in [0.3, 0.4) is 0 Å². The highest BCUT2D eigenvalue weighted by Gasteiger charge is 2.33. The molecule has 4 heterocycles. The molecule has 3 aromatic heterocycles. The average molecular weight is 526 g/mol. The Morgan fingerprint density at radius 1 is 1.22 bits per heavy atom. The van der Waals surface area contributed by atoms with E-state index in [1.807, 2.05) is 20.0 Å². The third-order valence-electron chi connectivity index (χ3n) is 5.80. The zero-order chi connectivity index (χ0) is 25.2. The normalized spacial score (nSPS) is 15.1. The Hall–Kier alpha value is -3.18. The second kappa shape index (κ2) is 11.3. The molecule has 3 aromatic rings. The minimum Gasteiger partial charge on any atom is -0.489 e. The Bertz CT molecular complexity index is 1220. The van der Waals surface area contributed by atoms with Crippen LogP contribution in [-0.4, -0.2) is 57.2 Å². The number of amides is 1. The molecule has 194 valence electrons. The minimum absolute atomic E-state index is 0. The molecular weight excluding hydrogens is 499 g/mol. The van der Waals surface area contributed by atoms with Crippen LogP contribution in [0.2, 0.25) is 0 Å². The zero-order valence-electron chi connectivity index (χ0n) is 19.8. The van der Waals surface area contributed by atoms with Gasteiger partial charge >= 0.3 is 6.18 Å². The Labute approximate surface area is 212 Å². The van der Waals surface area contributed by atoms with Crippen molar-refractivity contribution in [2.24, 2.45) is 0 Å². The van der Waals surface area contributed by atoms with Gasteiger partial charge < -0.3 is 19.2 Å². The number of imidazole rings is 1. The molecule has 0 bridgehead atoms. The molecule has 1 saturated heterocycles. The Balaban J connectivity index is 0.00000361. The molecule has 4 rings (SSSR count). The maximum atomic E-state index is 13.0. The third-order valence-corrected chi connectivity index (χ3v) is 5.80. The van der Waals surface area contributed by atoms with Crippen LogP contribution >= 0.6 is 12.4 Å². The molecule has 1 N–H and O–H groups in total. The number of fused-ring (bicyclic) bond motifs is 1. The molecule has 0 atom stereocenters. The van der Waals surface area contributed by atoms with Gasteiger partial charge in [-0.3, -0.25) is 9.69 Å². The fraction of sp³-hybridized carbons (Fsp3) is 0.417. The summed E-state index contributed by atoms with van der Waals surface area (Å²) in [6, 6.07) is 4.87. The van der Waals surface area contributed by atoms with Crippen molar-refractivity contribution in [3.63, 3.8) is 0 Å². The molecule has 0 aliphatic carbocycles. The summed E-state index contributed by atoms with van der Waals surface area (Å²) >= 11 is 0. The number of alkyl halides is 3. The largest absolute Gasteiger partial charge is 0.489 e. The van der Waals surface area contributed by atoms with Gasteiger partial charge in [-0.15, -0.1) is 12.4 Å². The van der Waals surface area contributed by atoms with Crippen molar-refractivity contribution in [1.82, 2.24) is 19.3 Å². The number of rotatable bonds is 7. The monoisotopic (exact) mass is 525 g/mol. The van der Waals surface area contributed by atoms with E-state index in [1.165, 1.54) is 6.07 Å². The first-order valence-corrected chi connectivity index (χ1v) is 11.3. The van der Waals surface area contributed by atoms with E-state index in [2.05, 4.69) is 15.2 Å². The van der Waals surface area contributed by atoms with Gasteiger partial charge in [0.2, 0.25) is 0 Å². The lowest BCUT2D eigenvalue weighted by molar-refractivity contribution is -0.141. The third kappa shape index (κ3) is 6.33. The first kappa shape index (κ1) is 27.4. The molecule has 1 aliphatic rings. The number of halogens is 4. The summed E-state index contributed by atoms with van der Waals surface area (Å²) in [6.45, 7) is 5.70. The van der Waals surface area contributed by atoms with E-state index >= 15 is 0 Å². The fourth-order valence-corrected chi connectivity index (χ4v) is 4.10. The molecule has 1 aliphatic heterocycles. The highest BCUT2D eigenvalue weighted by molar-refractivity contribution is 6.03. The van der Waals surface area contributed by atoms with Gasteiger partial charge in [-0.05, 0) is 51.9 Å². The van der Waals surface area contributed by atoms with Crippen molar-refractivity contribution >= 4 is 35.9 Å². The quantitative estimate of drug-likeness (QED) is 0.454. The molecule has 0 spiro atoms. The van der Waals surface area contributed by atoms with E-state index in [-0.39, 0.29) is 30.1 Å². The number of hydrogen-bond donors (Lipinski definition) is 1. The van der Waals surface area contributed by atoms with Gasteiger partial charge in [-0.1, -0.05) is 6.07 Å². The summed E-state index contributed by atoms with van der Waals surface area (Å²) in [5, 5.41) is 2.63. The number of ether oxygens (including phenoxy) is 1. The summed E-state index contributed by atoms with van der Waals surface area (Å²) in [4.78, 5) is 33.8. The number of hydrogen-bond acceptors (Lipinski definition) is 6. The van der Waals surface area contributed by atoms with Crippen LogP contribution in [0.25, 0.3) is 5.65 Å². The predicted molar refractivity (Wildman–Crippen MR) is 130 cm³/mol. The number of aromatic nitrogens is 3. The number of carbonyl (C=O) groups is 2. The number of nitrogens with zero attached hydrogens (tertiary/aromatic N) is 4. The molecular formula is C24H27ClF3N5O3. The van der Waals surface area contributed by atoms with Crippen molar-refractivity contribution < 1.29 is 27.5 Å². The molecule has 0 aromatic carbocycles. The summed E-state index contributed by atoms with van der Waals surface area (Å²) in [5.41, 5.74) is 0.317. The first-order valence-electron chi connectivity index (χ1n) is 11.3. The second-order valence-electron chi connectivity index (χ2n) is 8.75. The van der Waals surface area contributed by atoms with Gasteiger partial charge in [0.05, 0.1) is 18.3 Å². The van der Waals surface area contributed by atoms with Crippen LogP contribution in [0.5, 0.6) is 5.75 Å². The van der Waals surface area contributed by atoms with Crippen molar-refractivity contribution in [1.29, 1.82) is 0 Å². The Morgan fingerprint density at radius 2 is 1.94 bits per heavy atom. The molecule has 0 unspecified atom stereocenters. The van der Waals surface area contributed by atoms with Gasteiger partial charge in [-0.2, -0.15) is 13.2 Å². The van der Waals surface area contributed by atoms with Crippen molar-refractivity contribution in [3.8, 4) is 5.75 Å². The molecule has 1 fully saturated rings. The maximum absolute atomic E-state index is 13.0. The summed E-state index contributed by atoms with van der Waals surface area (Å²) < 4.78 is 46.7. The van der Waals surface area contributed by atoms with Gasteiger partial charge in [-0.25, -0.2) is 9.97 Å². The van der Waals surface area contributed by atoms with Crippen LogP contribution in [-0.2, 0) is 11.0 Å². The van der Waals surface area contributed by atoms with E-state index < -0.39 is 17.8 Å². The number of carbonyl (C=O) groups excluding carboxylic acids is 2. The lowest BCUT2D eigenvalue weighted by Crippen LogP contribution is -2.34. The average Bonchev–Trinajstić information content (AvgIpc) is 3.22. The molecule has 36 heavy (non-hydrogen) atoms. The lowest BCUT2D eigenvalue weighted by Gasteiger charge is -2.29. The zero-order valence-corrected chi connectivity index (χ0v) is 20.6. The van der Waals surface area contributed by atoms with E-state index in [1.54, 1.807) is 16.7 Å². The minimum atomic E-state index is -4.66. The molecule has 1 amide bonds. The number of piperidine rings is 1. The van der Waals surface area contributed by atoms with Crippen LogP contribution < -0.4 is 10.1 Å². The van der Waals surface area contributed by atoms with Gasteiger partial charge in [0.1, 0.15) is 34.8 Å². The molecule has 0 saturated carbocycles. The maximum Gasteiger partial charge on any atom is 0.433 e. The molecule has 8 nitrogen and oxygen atoms in total. The van der Waals surface area contributed by atoms with Crippen LogP contribution in [0.15, 0.2) is 36.7 Å². The topological polar surface area (TPSA) is 88.8 Å². The van der Waals surface area contributed by atoms with E-state index in [0.717, 1.165) is 50.0 Å². The van der Waals surface area contributed by atoms with E-state index in [9.17, 15) is 22.8 Å². The molecule has 0 radical (unpaired) electrons. The standard InChI is InChI=1S/C24H26F3N5O3.ClH/c1-15(2)35-20-12-22-29-18(16-6-8-31(9-7-16)10-11-33)13-32(22)14-19(20)30-23(34)17-4-3-5-21(28-17)24(25,26)27;/h3-5,11-16H,6-10H2,1-2H3,(H,30,34);1H. The van der Waals surface area contributed by atoms with Crippen LogP contribution in [0.1, 0.15) is 54.5 Å². The summed E-state index contributed by atoms with van der Waals surface area (Å²) in [5.74, 6) is -0.197. The highest BCUT2D eigenvalue weighted by Crippen LogP contribution is 2.32. The number of pyridine rings is 2. The van der Waals surface area contributed by atoms with Gasteiger partial charge in [0.25, 0.3) is 5.91 Å². The summed E-state index contributed by atoms with van der Waals surface area (Å²) in [7, 11) is 0. The number of likely N-dealkylation sites (tertiary alicyclic amines) is 1. The second-order valence-corrected chi connectivity index (χ2v) is 8.75. The number of aldehydes is 1. The highest BCUT2D eigenvalue weighted by atomic mass is 35.5. The predicted octanol–water partition coefficient (Wildman–Crippen LogP) is 4.59. The van der Waals surface area contributed by atoms with Crippen molar-refractivity contribution in [2.75, 3.05) is 25.0 Å². The van der Waals surface area contributed by atoms with E-state index in [0.29, 0.717) is 23.6 Å². The number of nitrogens with one attached hydrogen (secondary N) is 1. The van der Waals surface area contributed by atoms with Crippen molar-refractivity contribution in [2.45, 2.75) is 44.9 Å². The molecule has 12 heteroatoms. The SMILES string of the molecule is CC(C)Oc1cc2nc(C3CCN(CC=O)CC3)cn2cc1NC(=O)c1cccc(C(F)(F)F)n1.Cl. The summed E-state index contributed by atoms with van der Waals surface area (Å²) in [6.07, 6.45) is 1.31. The first-order chi connectivity index (χ1) is 16.6. The van der Waals surface area contributed by atoms with Gasteiger partial charge in [0.15, 0.2) is 0 Å². The Morgan fingerprint density at radius 3 is 2.58 bits per heavy atom. The smallest absolute Gasteiger partial charge is 0.433 e. The van der Waals surface area contributed by atoms with Crippen molar-refractivity contribution in [3.05, 3.63) is 53.7 Å². The Kier molecular flexibility index (Phi) is 8.57. The lowest BCUT2D eigenvalue weighted by atomic mass is 9.94. The van der Waals surface area contributed by atoms with E-state index in [4.69, 9.17) is 9.72 Å². The van der Waals surface area contributed by atoms with Crippen LogP contribution in [0, 0.1) is 0 Å². The fourth-order valence-electron chi connectivity index (χ4n) is 4.10.